The number of nitrogens with one attached hydrogen (secondary N) is 2. The molecule has 2 unspecified atom stereocenters. The molecule has 1 rings (SSSR count). The predicted octanol–water partition coefficient (Wildman–Crippen LogP) is 2.86. The van der Waals surface area contributed by atoms with Gasteiger partial charge in [-0.3, -0.25) is 0 Å². The molecule has 0 aromatic heterocycles. The van der Waals surface area contributed by atoms with Gasteiger partial charge in [-0.05, 0) is 44.4 Å². The van der Waals surface area contributed by atoms with Crippen molar-refractivity contribution in [2.45, 2.75) is 38.8 Å². The zero-order valence-corrected chi connectivity index (χ0v) is 12.1. The molecular weight excluding hydrogens is 264 g/mol. The first kappa shape index (κ1) is 15.8. The number of carbonyl (C=O) groups excluding carboxylic acids is 1. The highest BCUT2D eigenvalue weighted by atomic mass is 35.5. The van der Waals surface area contributed by atoms with Crippen molar-refractivity contribution in [2.75, 3.05) is 6.61 Å². The van der Waals surface area contributed by atoms with Crippen molar-refractivity contribution in [3.05, 3.63) is 34.9 Å². The van der Waals surface area contributed by atoms with E-state index >= 15 is 0 Å². The van der Waals surface area contributed by atoms with Crippen molar-refractivity contribution < 1.29 is 9.90 Å². The quantitative estimate of drug-likeness (QED) is 0.752. The molecule has 0 aliphatic heterocycles. The van der Waals surface area contributed by atoms with E-state index in [1.807, 2.05) is 26.0 Å². The molecular formula is C14H21ClN2O2. The Balaban J connectivity index is 2.41. The molecule has 0 radical (unpaired) electrons. The van der Waals surface area contributed by atoms with Crippen LogP contribution in [-0.4, -0.2) is 23.8 Å². The van der Waals surface area contributed by atoms with Crippen LogP contribution in [0.4, 0.5) is 4.79 Å². The molecule has 19 heavy (non-hydrogen) atoms. The van der Waals surface area contributed by atoms with E-state index in [0.29, 0.717) is 11.4 Å². The van der Waals surface area contributed by atoms with Gasteiger partial charge in [-0.1, -0.05) is 23.7 Å². The summed E-state index contributed by atoms with van der Waals surface area (Å²) in [6.07, 6.45) is 1.45. The summed E-state index contributed by atoms with van der Waals surface area (Å²) in [6, 6.07) is 7.15. The Morgan fingerprint density at radius 2 is 1.89 bits per heavy atom. The van der Waals surface area contributed by atoms with Gasteiger partial charge < -0.3 is 15.7 Å². The fourth-order valence-corrected chi connectivity index (χ4v) is 1.89. The van der Waals surface area contributed by atoms with Crippen molar-refractivity contribution in [1.29, 1.82) is 0 Å². The smallest absolute Gasteiger partial charge is 0.315 e. The summed E-state index contributed by atoms with van der Waals surface area (Å²) in [5, 5.41) is 15.1. The average Bonchev–Trinajstić information content (AvgIpc) is 2.36. The lowest BCUT2D eigenvalue weighted by Gasteiger charge is -2.18. The molecule has 4 nitrogen and oxygen atoms in total. The summed E-state index contributed by atoms with van der Waals surface area (Å²) in [5.74, 6) is 0. The molecule has 0 aliphatic carbocycles. The van der Waals surface area contributed by atoms with E-state index in [2.05, 4.69) is 10.6 Å². The first-order chi connectivity index (χ1) is 9.02. The molecule has 2 amide bonds. The lowest BCUT2D eigenvalue weighted by atomic mass is 10.1. The second-order valence-corrected chi connectivity index (χ2v) is 5.09. The Kier molecular flexibility index (Phi) is 6.67. The van der Waals surface area contributed by atoms with Gasteiger partial charge in [-0.25, -0.2) is 4.79 Å². The second-order valence-electron chi connectivity index (χ2n) is 4.66. The monoisotopic (exact) mass is 284 g/mol. The largest absolute Gasteiger partial charge is 0.396 e. The van der Waals surface area contributed by atoms with Gasteiger partial charge in [-0.2, -0.15) is 0 Å². The van der Waals surface area contributed by atoms with Crippen LogP contribution in [-0.2, 0) is 0 Å². The Morgan fingerprint density at radius 3 is 2.47 bits per heavy atom. The lowest BCUT2D eigenvalue weighted by molar-refractivity contribution is 0.231. The molecule has 0 saturated carbocycles. The van der Waals surface area contributed by atoms with Crippen LogP contribution in [0.1, 0.15) is 38.3 Å². The lowest BCUT2D eigenvalue weighted by Crippen LogP contribution is -2.41. The number of aliphatic hydroxyl groups excluding tert-OH is 1. The molecule has 5 heteroatoms. The van der Waals surface area contributed by atoms with Crippen LogP contribution in [0, 0.1) is 0 Å². The summed E-state index contributed by atoms with van der Waals surface area (Å²) in [5.41, 5.74) is 1.00. The third kappa shape index (κ3) is 5.94. The highest BCUT2D eigenvalue weighted by Gasteiger charge is 2.11. The van der Waals surface area contributed by atoms with Crippen LogP contribution < -0.4 is 10.6 Å². The Morgan fingerprint density at radius 1 is 1.26 bits per heavy atom. The number of halogens is 1. The minimum atomic E-state index is -0.201. The maximum Gasteiger partial charge on any atom is 0.315 e. The van der Waals surface area contributed by atoms with Crippen LogP contribution in [0.2, 0.25) is 5.02 Å². The van der Waals surface area contributed by atoms with E-state index in [1.54, 1.807) is 12.1 Å². The number of amides is 2. The van der Waals surface area contributed by atoms with Crippen LogP contribution in [0.25, 0.3) is 0 Å². The molecule has 0 saturated heterocycles. The van der Waals surface area contributed by atoms with Crippen molar-refractivity contribution in [1.82, 2.24) is 10.6 Å². The third-order valence-electron chi connectivity index (χ3n) is 2.89. The molecule has 106 valence electrons. The molecule has 2 atom stereocenters. The number of urea groups is 1. The van der Waals surface area contributed by atoms with Crippen LogP contribution in [0.3, 0.4) is 0 Å². The van der Waals surface area contributed by atoms with Gasteiger partial charge in [0.2, 0.25) is 0 Å². The average molecular weight is 285 g/mol. The van der Waals surface area contributed by atoms with E-state index in [-0.39, 0.29) is 24.7 Å². The van der Waals surface area contributed by atoms with Gasteiger partial charge in [-0.15, -0.1) is 0 Å². The van der Waals surface area contributed by atoms with E-state index < -0.39 is 0 Å². The molecule has 0 bridgehead atoms. The van der Waals surface area contributed by atoms with E-state index in [1.165, 1.54) is 0 Å². The van der Waals surface area contributed by atoms with Gasteiger partial charge in [0.25, 0.3) is 0 Å². The standard InChI is InChI=1S/C14H21ClN2O2/c1-10(4-3-9-18)16-14(19)17-11(2)12-5-7-13(15)8-6-12/h5-8,10-11,18H,3-4,9H2,1-2H3,(H2,16,17,19). The van der Waals surface area contributed by atoms with E-state index in [4.69, 9.17) is 16.7 Å². The number of carbonyl (C=O) groups is 1. The number of benzene rings is 1. The van der Waals surface area contributed by atoms with E-state index in [9.17, 15) is 4.79 Å². The second kappa shape index (κ2) is 8.02. The maximum absolute atomic E-state index is 11.8. The normalized spacial score (nSPS) is 13.7. The fraction of sp³-hybridized carbons (Fsp3) is 0.500. The van der Waals surface area contributed by atoms with Crippen LogP contribution in [0.5, 0.6) is 0 Å². The molecule has 1 aromatic rings. The zero-order valence-electron chi connectivity index (χ0n) is 11.3. The summed E-state index contributed by atoms with van der Waals surface area (Å²) < 4.78 is 0. The minimum Gasteiger partial charge on any atom is -0.396 e. The number of rotatable bonds is 6. The van der Waals surface area contributed by atoms with Crippen molar-refractivity contribution >= 4 is 17.6 Å². The van der Waals surface area contributed by atoms with E-state index in [0.717, 1.165) is 12.0 Å². The summed E-state index contributed by atoms with van der Waals surface area (Å²) >= 11 is 5.82. The zero-order chi connectivity index (χ0) is 14.3. The van der Waals surface area contributed by atoms with Crippen LogP contribution >= 0.6 is 11.6 Å². The van der Waals surface area contributed by atoms with Gasteiger partial charge in [0.05, 0.1) is 6.04 Å². The van der Waals surface area contributed by atoms with Gasteiger partial charge >= 0.3 is 6.03 Å². The summed E-state index contributed by atoms with van der Waals surface area (Å²) in [4.78, 5) is 11.8. The topological polar surface area (TPSA) is 61.4 Å². The van der Waals surface area contributed by atoms with Crippen molar-refractivity contribution in [3.63, 3.8) is 0 Å². The molecule has 0 aliphatic rings. The molecule has 0 fully saturated rings. The summed E-state index contributed by atoms with van der Waals surface area (Å²) in [6.45, 7) is 3.98. The van der Waals surface area contributed by atoms with Crippen molar-refractivity contribution in [2.24, 2.45) is 0 Å². The summed E-state index contributed by atoms with van der Waals surface area (Å²) in [7, 11) is 0. The molecule has 1 aromatic carbocycles. The first-order valence-electron chi connectivity index (χ1n) is 6.46. The number of aliphatic hydroxyl groups is 1. The van der Waals surface area contributed by atoms with Crippen molar-refractivity contribution in [3.8, 4) is 0 Å². The Bertz CT molecular complexity index is 395. The van der Waals surface area contributed by atoms with Crippen LogP contribution in [0.15, 0.2) is 24.3 Å². The molecule has 3 N–H and O–H groups in total. The highest BCUT2D eigenvalue weighted by molar-refractivity contribution is 6.30. The number of hydrogen-bond acceptors (Lipinski definition) is 2. The van der Waals surface area contributed by atoms with Gasteiger partial charge in [0, 0.05) is 17.7 Å². The highest BCUT2D eigenvalue weighted by Crippen LogP contribution is 2.15. The minimum absolute atomic E-state index is 0.0459. The maximum atomic E-state index is 11.8. The van der Waals surface area contributed by atoms with Gasteiger partial charge in [0.1, 0.15) is 0 Å². The predicted molar refractivity (Wildman–Crippen MR) is 77.3 cm³/mol. The Hall–Kier alpha value is -1.26. The SMILES string of the molecule is CC(CCCO)NC(=O)NC(C)c1ccc(Cl)cc1. The first-order valence-corrected chi connectivity index (χ1v) is 6.84. The van der Waals surface area contributed by atoms with Gasteiger partial charge in [0.15, 0.2) is 0 Å². The Labute approximate surface area is 119 Å². The fourth-order valence-electron chi connectivity index (χ4n) is 1.77. The number of hydrogen-bond donors (Lipinski definition) is 3. The molecule has 0 heterocycles. The molecule has 0 spiro atoms. The third-order valence-corrected chi connectivity index (χ3v) is 3.14.